The number of esters is 1. The fourth-order valence-corrected chi connectivity index (χ4v) is 4.92. The van der Waals surface area contributed by atoms with Gasteiger partial charge in [0.15, 0.2) is 0 Å². The van der Waals surface area contributed by atoms with Gasteiger partial charge >= 0.3 is 5.97 Å². The molecule has 2 aliphatic carbocycles. The lowest BCUT2D eigenvalue weighted by Crippen LogP contribution is -2.46. The summed E-state index contributed by atoms with van der Waals surface area (Å²) in [5.74, 6) is -0.370. The van der Waals surface area contributed by atoms with Crippen molar-refractivity contribution in [1.29, 1.82) is 0 Å². The Labute approximate surface area is 112 Å². The highest BCUT2D eigenvalue weighted by Gasteiger charge is 2.79. The van der Waals surface area contributed by atoms with Gasteiger partial charge in [-0.2, -0.15) is 0 Å². The van der Waals surface area contributed by atoms with Crippen LogP contribution in [-0.2, 0) is 14.3 Å². The predicted octanol–water partition coefficient (Wildman–Crippen LogP) is 1.57. The van der Waals surface area contributed by atoms with E-state index in [1.165, 1.54) is 0 Å². The molecule has 4 aliphatic rings. The average Bonchev–Trinajstić information content (AvgIpc) is 2.70. The van der Waals surface area contributed by atoms with E-state index in [-0.39, 0.29) is 35.1 Å². The maximum atomic E-state index is 11.8. The average molecular weight is 264 g/mol. The molecule has 4 fully saturated rings. The zero-order valence-electron chi connectivity index (χ0n) is 11.4. The van der Waals surface area contributed by atoms with Crippen LogP contribution in [0.25, 0.3) is 0 Å². The molecule has 0 radical (unpaired) electrons. The van der Waals surface area contributed by atoms with Crippen molar-refractivity contribution in [2.75, 3.05) is 0 Å². The molecule has 6 atom stereocenters. The molecule has 19 heavy (non-hydrogen) atoms. The Morgan fingerprint density at radius 1 is 1.32 bits per heavy atom. The van der Waals surface area contributed by atoms with Crippen LogP contribution < -0.4 is 0 Å². The second kappa shape index (κ2) is 3.07. The van der Waals surface area contributed by atoms with Crippen LogP contribution >= 0.6 is 0 Å². The van der Waals surface area contributed by atoms with Gasteiger partial charge in [-0.15, -0.1) is 0 Å². The van der Waals surface area contributed by atoms with Gasteiger partial charge in [-0.05, 0) is 39.5 Å². The standard InChI is InChI=1S/C15H20O4/c1-8-9-4-5-14(3)15(19-14)7-6-13(2,17)11(15)10(9)18-12(8)16/h9-11,17H,1,4-7H2,2-3H3/t9-,10-,11-,13-,14+,15+/m1/s1. The van der Waals surface area contributed by atoms with Crippen LogP contribution in [0.2, 0.25) is 0 Å². The summed E-state index contributed by atoms with van der Waals surface area (Å²) in [6.45, 7) is 7.87. The molecule has 0 aromatic heterocycles. The molecule has 0 unspecified atom stereocenters. The maximum Gasteiger partial charge on any atom is 0.334 e. The van der Waals surface area contributed by atoms with E-state index in [2.05, 4.69) is 13.5 Å². The second-order valence-electron chi connectivity index (χ2n) is 7.10. The number of hydrogen-bond acceptors (Lipinski definition) is 4. The van der Waals surface area contributed by atoms with Crippen molar-refractivity contribution >= 4 is 5.97 Å². The topological polar surface area (TPSA) is 59.1 Å². The molecular weight excluding hydrogens is 244 g/mol. The molecular formula is C15H20O4. The molecule has 2 saturated carbocycles. The first kappa shape index (κ1) is 11.9. The SMILES string of the molecule is C=C1C(=O)O[C@@H]2[C@@H]1CC[C@]1(C)O[C@]13CC[C@@](C)(O)[C@@H]23. The first-order valence-electron chi connectivity index (χ1n) is 7.13. The Balaban J connectivity index is 1.82. The third kappa shape index (κ3) is 1.20. The molecule has 104 valence electrons. The fourth-order valence-electron chi connectivity index (χ4n) is 4.92. The van der Waals surface area contributed by atoms with E-state index in [0.29, 0.717) is 12.0 Å². The van der Waals surface area contributed by atoms with E-state index in [9.17, 15) is 9.90 Å². The maximum absolute atomic E-state index is 11.8. The van der Waals surface area contributed by atoms with Crippen molar-refractivity contribution in [3.8, 4) is 0 Å². The number of carbonyl (C=O) groups excluding carboxylic acids is 1. The Hall–Kier alpha value is -0.870. The van der Waals surface area contributed by atoms with Crippen LogP contribution in [0.5, 0.6) is 0 Å². The molecule has 4 nitrogen and oxygen atoms in total. The Morgan fingerprint density at radius 3 is 2.79 bits per heavy atom. The van der Waals surface area contributed by atoms with Crippen LogP contribution in [0.3, 0.4) is 0 Å². The Bertz CT molecular complexity index is 496. The van der Waals surface area contributed by atoms with Crippen LogP contribution in [0.15, 0.2) is 12.2 Å². The lowest BCUT2D eigenvalue weighted by atomic mass is 9.76. The summed E-state index contributed by atoms with van der Waals surface area (Å²) in [6, 6.07) is 0. The first-order valence-corrected chi connectivity index (χ1v) is 7.13. The van der Waals surface area contributed by atoms with E-state index in [0.717, 1.165) is 19.3 Å². The van der Waals surface area contributed by atoms with Gasteiger partial charge in [0.25, 0.3) is 0 Å². The van der Waals surface area contributed by atoms with Crippen LogP contribution in [0.1, 0.15) is 39.5 Å². The number of rotatable bonds is 0. The molecule has 1 spiro atoms. The highest BCUT2D eigenvalue weighted by molar-refractivity contribution is 5.91. The van der Waals surface area contributed by atoms with E-state index in [1.54, 1.807) is 0 Å². The summed E-state index contributed by atoms with van der Waals surface area (Å²) in [6.07, 6.45) is 3.08. The lowest BCUT2D eigenvalue weighted by Gasteiger charge is -2.33. The quantitative estimate of drug-likeness (QED) is 0.410. The number of epoxide rings is 1. The summed E-state index contributed by atoms with van der Waals surface area (Å²) >= 11 is 0. The van der Waals surface area contributed by atoms with Crippen molar-refractivity contribution < 1.29 is 19.4 Å². The van der Waals surface area contributed by atoms with Gasteiger partial charge in [0.1, 0.15) is 11.7 Å². The lowest BCUT2D eigenvalue weighted by molar-refractivity contribution is -0.147. The Morgan fingerprint density at radius 2 is 2.05 bits per heavy atom. The van der Waals surface area contributed by atoms with Crippen LogP contribution in [-0.4, -0.2) is 34.0 Å². The fraction of sp³-hybridized carbons (Fsp3) is 0.800. The molecule has 0 bridgehead atoms. The van der Waals surface area contributed by atoms with Gasteiger partial charge in [0, 0.05) is 11.5 Å². The number of fused-ring (bicyclic) bond motifs is 2. The first-order chi connectivity index (χ1) is 8.81. The predicted molar refractivity (Wildman–Crippen MR) is 67.3 cm³/mol. The summed E-state index contributed by atoms with van der Waals surface area (Å²) in [7, 11) is 0. The number of aliphatic hydroxyl groups is 1. The van der Waals surface area contributed by atoms with Gasteiger partial charge in [0.05, 0.1) is 17.1 Å². The van der Waals surface area contributed by atoms with E-state index < -0.39 is 5.60 Å². The summed E-state index contributed by atoms with van der Waals surface area (Å²) in [5, 5.41) is 10.7. The minimum absolute atomic E-state index is 0.0483. The van der Waals surface area contributed by atoms with Gasteiger partial charge in [-0.25, -0.2) is 4.79 Å². The van der Waals surface area contributed by atoms with Crippen molar-refractivity contribution in [1.82, 2.24) is 0 Å². The monoisotopic (exact) mass is 264 g/mol. The van der Waals surface area contributed by atoms with Crippen LogP contribution in [0.4, 0.5) is 0 Å². The van der Waals surface area contributed by atoms with Crippen molar-refractivity contribution in [2.24, 2.45) is 11.8 Å². The molecule has 0 amide bonds. The third-order valence-electron chi connectivity index (χ3n) is 6.05. The van der Waals surface area contributed by atoms with Crippen molar-refractivity contribution in [3.63, 3.8) is 0 Å². The second-order valence-corrected chi connectivity index (χ2v) is 7.10. The van der Waals surface area contributed by atoms with E-state index >= 15 is 0 Å². The zero-order chi connectivity index (χ0) is 13.6. The number of hydrogen-bond donors (Lipinski definition) is 1. The largest absolute Gasteiger partial charge is 0.458 e. The van der Waals surface area contributed by atoms with Crippen LogP contribution in [0, 0.1) is 11.8 Å². The molecule has 2 aliphatic heterocycles. The normalized spacial score (nSPS) is 59.0. The third-order valence-corrected chi connectivity index (χ3v) is 6.05. The Kier molecular flexibility index (Phi) is 1.92. The minimum atomic E-state index is -0.823. The number of ether oxygens (including phenoxy) is 2. The van der Waals surface area contributed by atoms with Gasteiger partial charge < -0.3 is 14.6 Å². The van der Waals surface area contributed by atoms with Crippen molar-refractivity contribution in [2.45, 2.75) is 62.4 Å². The molecule has 2 heterocycles. The summed E-state index contributed by atoms with van der Waals surface area (Å²) < 4.78 is 11.7. The highest BCUT2D eigenvalue weighted by Crippen LogP contribution is 2.69. The summed E-state index contributed by atoms with van der Waals surface area (Å²) in [4.78, 5) is 11.8. The molecule has 2 saturated heterocycles. The summed E-state index contributed by atoms with van der Waals surface area (Å²) in [5.41, 5.74) is -0.695. The highest BCUT2D eigenvalue weighted by atomic mass is 16.6. The molecule has 4 rings (SSSR count). The molecule has 4 heteroatoms. The van der Waals surface area contributed by atoms with E-state index in [1.807, 2.05) is 6.92 Å². The van der Waals surface area contributed by atoms with Gasteiger partial charge in [0.2, 0.25) is 0 Å². The molecule has 0 aromatic rings. The minimum Gasteiger partial charge on any atom is -0.458 e. The van der Waals surface area contributed by atoms with Gasteiger partial charge in [-0.1, -0.05) is 6.58 Å². The van der Waals surface area contributed by atoms with Gasteiger partial charge in [-0.3, -0.25) is 0 Å². The van der Waals surface area contributed by atoms with Crippen molar-refractivity contribution in [3.05, 3.63) is 12.2 Å². The molecule has 0 aromatic carbocycles. The smallest absolute Gasteiger partial charge is 0.334 e. The van der Waals surface area contributed by atoms with E-state index in [4.69, 9.17) is 9.47 Å². The number of carbonyl (C=O) groups is 1. The molecule has 1 N–H and O–H groups in total. The zero-order valence-corrected chi connectivity index (χ0v) is 11.4.